The second-order valence-electron chi connectivity index (χ2n) is 5.75. The van der Waals surface area contributed by atoms with Crippen molar-refractivity contribution in [1.82, 2.24) is 9.62 Å². The number of carbonyl (C=O) groups is 1. The maximum Gasteiger partial charge on any atom is 0.252 e. The molecule has 5 nitrogen and oxygen atoms in total. The van der Waals surface area contributed by atoms with Crippen molar-refractivity contribution >= 4 is 38.6 Å². The van der Waals surface area contributed by atoms with Crippen LogP contribution in [-0.2, 0) is 10.0 Å². The van der Waals surface area contributed by atoms with Gasteiger partial charge in [0.25, 0.3) is 15.9 Å². The van der Waals surface area contributed by atoms with Crippen LogP contribution in [0.5, 0.6) is 0 Å². The molecule has 2 aromatic heterocycles. The molecule has 0 saturated carbocycles. The summed E-state index contributed by atoms with van der Waals surface area (Å²) < 4.78 is 27.6. The Morgan fingerprint density at radius 3 is 2.88 bits per heavy atom. The number of amides is 1. The zero-order valence-electron chi connectivity index (χ0n) is 13.2. The number of nitrogens with zero attached hydrogens (tertiary/aromatic N) is 1. The summed E-state index contributed by atoms with van der Waals surface area (Å²) in [4.78, 5) is 12.0. The van der Waals surface area contributed by atoms with E-state index in [1.165, 1.54) is 22.7 Å². The summed E-state index contributed by atoms with van der Waals surface area (Å²) in [6.45, 7) is 1.04. The lowest BCUT2D eigenvalue weighted by atomic mass is 10.0. The molecule has 1 N–H and O–H groups in total. The molecule has 0 radical (unpaired) electrons. The lowest BCUT2D eigenvalue weighted by molar-refractivity contribution is 0.0950. The van der Waals surface area contributed by atoms with Crippen LogP contribution in [0.3, 0.4) is 0 Å². The van der Waals surface area contributed by atoms with E-state index in [1.807, 2.05) is 10.8 Å². The molecule has 0 spiro atoms. The molecular formula is C16H20N2O3S3. The van der Waals surface area contributed by atoms with Crippen molar-refractivity contribution in [2.45, 2.75) is 35.9 Å². The highest BCUT2D eigenvalue weighted by atomic mass is 32.2. The highest BCUT2D eigenvalue weighted by molar-refractivity contribution is 7.91. The lowest BCUT2D eigenvalue weighted by Gasteiger charge is -2.34. The average Bonchev–Trinajstić information content (AvgIpc) is 3.29. The van der Waals surface area contributed by atoms with Gasteiger partial charge in [0.1, 0.15) is 4.21 Å². The first-order valence-electron chi connectivity index (χ1n) is 7.95. The van der Waals surface area contributed by atoms with Crippen molar-refractivity contribution in [2.75, 3.05) is 13.1 Å². The van der Waals surface area contributed by atoms with E-state index in [2.05, 4.69) is 5.32 Å². The summed E-state index contributed by atoms with van der Waals surface area (Å²) in [5.74, 6) is -0.0975. The van der Waals surface area contributed by atoms with Crippen molar-refractivity contribution < 1.29 is 13.2 Å². The quantitative estimate of drug-likeness (QED) is 0.832. The van der Waals surface area contributed by atoms with Crippen LogP contribution in [0.25, 0.3) is 0 Å². The fourth-order valence-electron chi connectivity index (χ4n) is 2.95. The minimum Gasteiger partial charge on any atom is -0.352 e. The molecule has 3 heterocycles. The molecule has 0 bridgehead atoms. The number of carbonyl (C=O) groups excluding carboxylic acids is 1. The normalized spacial score (nSPS) is 19.2. The van der Waals surface area contributed by atoms with Gasteiger partial charge in [0.15, 0.2) is 0 Å². The number of thiophene rings is 2. The van der Waals surface area contributed by atoms with Crippen LogP contribution in [0, 0.1) is 0 Å². The van der Waals surface area contributed by atoms with E-state index in [-0.39, 0.29) is 11.9 Å². The van der Waals surface area contributed by atoms with E-state index < -0.39 is 10.0 Å². The molecule has 1 fully saturated rings. The Bertz CT molecular complexity index is 755. The van der Waals surface area contributed by atoms with Gasteiger partial charge < -0.3 is 5.32 Å². The maximum atomic E-state index is 12.8. The van der Waals surface area contributed by atoms with Crippen LogP contribution in [0.15, 0.2) is 38.5 Å². The van der Waals surface area contributed by atoms with Gasteiger partial charge in [0, 0.05) is 30.1 Å². The molecule has 1 aliphatic heterocycles. The number of sulfonamides is 1. The second-order valence-corrected chi connectivity index (χ2v) is 9.60. The fourth-order valence-corrected chi connectivity index (χ4v) is 6.43. The number of nitrogens with one attached hydrogen (secondary N) is 1. The van der Waals surface area contributed by atoms with Crippen LogP contribution in [0.2, 0.25) is 0 Å². The van der Waals surface area contributed by atoms with Gasteiger partial charge in [-0.25, -0.2) is 8.42 Å². The summed E-state index contributed by atoms with van der Waals surface area (Å²) in [6.07, 6.45) is 3.40. The van der Waals surface area contributed by atoms with E-state index in [1.54, 1.807) is 27.9 Å². The molecule has 1 amide bonds. The molecule has 24 heavy (non-hydrogen) atoms. The predicted molar refractivity (Wildman–Crippen MR) is 97.1 cm³/mol. The van der Waals surface area contributed by atoms with Gasteiger partial charge in [-0.2, -0.15) is 15.6 Å². The molecule has 0 aromatic carbocycles. The van der Waals surface area contributed by atoms with Crippen LogP contribution >= 0.6 is 22.7 Å². The summed E-state index contributed by atoms with van der Waals surface area (Å²) in [6, 6.07) is 5.16. The second kappa shape index (κ2) is 7.77. The Morgan fingerprint density at radius 1 is 1.29 bits per heavy atom. The number of hydrogen-bond acceptors (Lipinski definition) is 5. The predicted octanol–water partition coefficient (Wildman–Crippen LogP) is 3.17. The van der Waals surface area contributed by atoms with E-state index in [9.17, 15) is 13.2 Å². The summed E-state index contributed by atoms with van der Waals surface area (Å²) >= 11 is 2.74. The van der Waals surface area contributed by atoms with Gasteiger partial charge in [0.2, 0.25) is 0 Å². The molecule has 130 valence electrons. The van der Waals surface area contributed by atoms with Crippen molar-refractivity contribution in [1.29, 1.82) is 0 Å². The highest BCUT2D eigenvalue weighted by Gasteiger charge is 2.33. The van der Waals surface area contributed by atoms with Crippen LogP contribution in [-0.4, -0.2) is 37.8 Å². The average molecular weight is 385 g/mol. The summed E-state index contributed by atoms with van der Waals surface area (Å²) in [7, 11) is -3.42. The van der Waals surface area contributed by atoms with Crippen LogP contribution < -0.4 is 5.32 Å². The maximum absolute atomic E-state index is 12.8. The molecule has 1 saturated heterocycles. The van der Waals surface area contributed by atoms with Gasteiger partial charge in [-0.15, -0.1) is 11.3 Å². The first-order valence-corrected chi connectivity index (χ1v) is 11.2. The zero-order valence-corrected chi connectivity index (χ0v) is 15.6. The SMILES string of the molecule is O=C(NCCC1CCCCN1S(=O)(=O)c1cccs1)c1ccsc1. The molecule has 0 aliphatic carbocycles. The minimum atomic E-state index is -3.42. The number of rotatable bonds is 6. The molecule has 2 aromatic rings. The van der Waals surface area contributed by atoms with Gasteiger partial charge in [0.05, 0.1) is 0 Å². The first kappa shape index (κ1) is 17.6. The number of piperidine rings is 1. The van der Waals surface area contributed by atoms with E-state index in [0.29, 0.717) is 29.3 Å². The highest BCUT2D eigenvalue weighted by Crippen LogP contribution is 2.29. The standard InChI is InChI=1S/C16H20N2O3S3/c19-16(13-7-11-22-12-13)17-8-6-14-4-1-2-9-18(14)24(20,21)15-5-3-10-23-15/h3,5,7,10-12,14H,1-2,4,6,8-9H2,(H,17,19). The minimum absolute atomic E-state index is 0.0476. The van der Waals surface area contributed by atoms with E-state index >= 15 is 0 Å². The Balaban J connectivity index is 1.62. The van der Waals surface area contributed by atoms with Gasteiger partial charge in [-0.05, 0) is 42.2 Å². The topological polar surface area (TPSA) is 66.5 Å². The Kier molecular flexibility index (Phi) is 5.70. The summed E-state index contributed by atoms with van der Waals surface area (Å²) in [5, 5.41) is 8.35. The molecule has 1 unspecified atom stereocenters. The molecule has 1 aliphatic rings. The Hall–Kier alpha value is -1.22. The molecule has 8 heteroatoms. The number of hydrogen-bond donors (Lipinski definition) is 1. The Labute approximate surface area is 150 Å². The third-order valence-electron chi connectivity index (χ3n) is 4.18. The third kappa shape index (κ3) is 3.88. The van der Waals surface area contributed by atoms with Gasteiger partial charge >= 0.3 is 0 Å². The largest absolute Gasteiger partial charge is 0.352 e. The van der Waals surface area contributed by atoms with Crippen molar-refractivity contribution in [3.05, 3.63) is 39.9 Å². The van der Waals surface area contributed by atoms with Gasteiger partial charge in [-0.1, -0.05) is 12.5 Å². The molecule has 3 rings (SSSR count). The van der Waals surface area contributed by atoms with E-state index in [0.717, 1.165) is 19.3 Å². The molecular weight excluding hydrogens is 364 g/mol. The lowest BCUT2D eigenvalue weighted by Crippen LogP contribution is -2.44. The van der Waals surface area contributed by atoms with Crippen LogP contribution in [0.4, 0.5) is 0 Å². The Morgan fingerprint density at radius 2 is 2.17 bits per heavy atom. The van der Waals surface area contributed by atoms with Crippen LogP contribution in [0.1, 0.15) is 36.0 Å². The molecule has 1 atom stereocenters. The first-order chi connectivity index (χ1) is 11.6. The van der Waals surface area contributed by atoms with Crippen molar-refractivity contribution in [3.63, 3.8) is 0 Å². The van der Waals surface area contributed by atoms with Crippen molar-refractivity contribution in [2.24, 2.45) is 0 Å². The van der Waals surface area contributed by atoms with Crippen molar-refractivity contribution in [3.8, 4) is 0 Å². The van der Waals surface area contributed by atoms with Gasteiger partial charge in [-0.3, -0.25) is 4.79 Å². The third-order valence-corrected chi connectivity index (χ3v) is 8.19. The summed E-state index contributed by atoms with van der Waals surface area (Å²) in [5.41, 5.74) is 0.659. The smallest absolute Gasteiger partial charge is 0.252 e. The zero-order chi connectivity index (χ0) is 17.0. The monoisotopic (exact) mass is 384 g/mol. The van der Waals surface area contributed by atoms with E-state index in [4.69, 9.17) is 0 Å². The fraction of sp³-hybridized carbons (Fsp3) is 0.438.